The Morgan fingerprint density at radius 1 is 1.15 bits per heavy atom. The summed E-state index contributed by atoms with van der Waals surface area (Å²) in [5, 5.41) is 13.1. The van der Waals surface area contributed by atoms with Gasteiger partial charge in [0.1, 0.15) is 5.00 Å². The molecule has 0 saturated heterocycles. The number of carbonyl (C=O) groups excluding carboxylic acids is 2. The maximum Gasteiger partial charge on any atom is 0.341 e. The molecule has 0 radical (unpaired) electrons. The summed E-state index contributed by atoms with van der Waals surface area (Å²) in [4.78, 5) is 38.3. The van der Waals surface area contributed by atoms with Gasteiger partial charge in [0.05, 0.1) is 24.5 Å². The fraction of sp³-hybridized carbons (Fsp3) is 0.650. The highest BCUT2D eigenvalue weighted by atomic mass is 32.1. The fourth-order valence-electron chi connectivity index (χ4n) is 5.38. The van der Waals surface area contributed by atoms with E-state index in [1.54, 1.807) is 0 Å². The van der Waals surface area contributed by atoms with E-state index < -0.39 is 23.8 Å². The number of fused-ring (bicyclic) bond motifs is 3. The van der Waals surface area contributed by atoms with Crippen molar-refractivity contribution in [2.75, 3.05) is 12.4 Å². The van der Waals surface area contributed by atoms with Crippen LogP contribution < -0.4 is 5.32 Å². The fourth-order valence-corrected chi connectivity index (χ4v) is 6.78. The SMILES string of the molecule is COC(=O)c1c(NC(=O)[C@@H]2[C@@H]3CC[C@@H](C3)[C@@H]2C(=O)O)sc2c1CC[C@H](C)C2. The number of carboxylic acid groups (broad SMARTS) is 1. The molecular formula is C20H25NO5S. The van der Waals surface area contributed by atoms with Crippen molar-refractivity contribution in [1.29, 1.82) is 0 Å². The van der Waals surface area contributed by atoms with Crippen molar-refractivity contribution in [2.45, 2.75) is 45.4 Å². The molecule has 0 spiro atoms. The zero-order chi connectivity index (χ0) is 19.3. The average molecular weight is 391 g/mol. The van der Waals surface area contributed by atoms with Gasteiger partial charge in [0, 0.05) is 4.88 Å². The number of rotatable bonds is 4. The summed E-state index contributed by atoms with van der Waals surface area (Å²) >= 11 is 1.45. The molecule has 27 heavy (non-hydrogen) atoms. The van der Waals surface area contributed by atoms with Crippen LogP contribution in [0, 0.1) is 29.6 Å². The van der Waals surface area contributed by atoms with Gasteiger partial charge in [-0.25, -0.2) is 4.79 Å². The molecule has 0 aliphatic heterocycles. The lowest BCUT2D eigenvalue weighted by atomic mass is 9.78. The predicted octanol–water partition coefficient (Wildman–Crippen LogP) is 3.34. The summed E-state index contributed by atoms with van der Waals surface area (Å²) in [7, 11) is 1.35. The van der Waals surface area contributed by atoms with Gasteiger partial charge in [0.25, 0.3) is 0 Å². The van der Waals surface area contributed by atoms with Gasteiger partial charge in [0.2, 0.25) is 5.91 Å². The van der Waals surface area contributed by atoms with Crippen LogP contribution in [0.15, 0.2) is 0 Å². The van der Waals surface area contributed by atoms with E-state index in [4.69, 9.17) is 4.74 Å². The maximum absolute atomic E-state index is 13.0. The number of amides is 1. The lowest BCUT2D eigenvalue weighted by Gasteiger charge is -2.26. The predicted molar refractivity (Wildman–Crippen MR) is 101 cm³/mol. The van der Waals surface area contributed by atoms with Gasteiger partial charge in [-0.2, -0.15) is 0 Å². The molecule has 6 nitrogen and oxygen atoms in total. The summed E-state index contributed by atoms with van der Waals surface area (Å²) in [6.45, 7) is 2.19. The third kappa shape index (κ3) is 3.06. The first-order valence-electron chi connectivity index (χ1n) is 9.67. The van der Waals surface area contributed by atoms with Crippen LogP contribution in [0.2, 0.25) is 0 Å². The van der Waals surface area contributed by atoms with Crippen LogP contribution in [0.4, 0.5) is 5.00 Å². The van der Waals surface area contributed by atoms with E-state index in [0.717, 1.165) is 49.0 Å². The molecule has 1 aromatic heterocycles. The van der Waals surface area contributed by atoms with Crippen LogP contribution >= 0.6 is 11.3 Å². The molecule has 3 aliphatic rings. The Labute approximate surface area is 162 Å². The van der Waals surface area contributed by atoms with Crippen LogP contribution in [-0.2, 0) is 27.2 Å². The van der Waals surface area contributed by atoms with Crippen LogP contribution in [0.1, 0.15) is 53.4 Å². The van der Waals surface area contributed by atoms with E-state index in [9.17, 15) is 19.5 Å². The molecule has 1 aromatic rings. The molecule has 4 rings (SSSR count). The Bertz CT molecular complexity index is 801. The number of hydrogen-bond donors (Lipinski definition) is 2. The Hall–Kier alpha value is -1.89. The second-order valence-electron chi connectivity index (χ2n) is 8.26. The maximum atomic E-state index is 13.0. The van der Waals surface area contributed by atoms with Gasteiger partial charge in [0.15, 0.2) is 0 Å². The molecule has 2 bridgehead atoms. The molecule has 1 amide bonds. The smallest absolute Gasteiger partial charge is 0.341 e. The normalized spacial score (nSPS) is 31.4. The molecule has 5 atom stereocenters. The van der Waals surface area contributed by atoms with Gasteiger partial charge in [-0.05, 0) is 61.8 Å². The number of aliphatic carboxylic acids is 1. The van der Waals surface area contributed by atoms with Crippen molar-refractivity contribution in [1.82, 2.24) is 0 Å². The van der Waals surface area contributed by atoms with E-state index in [1.807, 2.05) is 0 Å². The van der Waals surface area contributed by atoms with E-state index in [-0.39, 0.29) is 17.7 Å². The van der Waals surface area contributed by atoms with Gasteiger partial charge in [-0.1, -0.05) is 6.92 Å². The van der Waals surface area contributed by atoms with Gasteiger partial charge >= 0.3 is 11.9 Å². The summed E-state index contributed by atoms with van der Waals surface area (Å²) < 4.78 is 4.97. The second kappa shape index (κ2) is 6.93. The Balaban J connectivity index is 1.63. The first kappa shape index (κ1) is 18.5. The minimum atomic E-state index is -0.880. The van der Waals surface area contributed by atoms with E-state index >= 15 is 0 Å². The zero-order valence-corrected chi connectivity index (χ0v) is 16.4. The summed E-state index contributed by atoms with van der Waals surface area (Å²) in [5.74, 6) is -1.91. The number of esters is 1. The van der Waals surface area contributed by atoms with Crippen molar-refractivity contribution < 1.29 is 24.2 Å². The third-order valence-electron chi connectivity index (χ3n) is 6.64. The minimum absolute atomic E-state index is 0.0979. The van der Waals surface area contributed by atoms with Crippen LogP contribution in [0.3, 0.4) is 0 Å². The van der Waals surface area contributed by atoms with Crippen molar-refractivity contribution in [3.05, 3.63) is 16.0 Å². The summed E-state index contributed by atoms with van der Waals surface area (Å²) in [6.07, 6.45) is 5.33. The molecule has 0 aromatic carbocycles. The number of thiophene rings is 1. The van der Waals surface area contributed by atoms with Crippen molar-refractivity contribution in [3.8, 4) is 0 Å². The van der Waals surface area contributed by atoms with Gasteiger partial charge in [-0.15, -0.1) is 11.3 Å². The number of methoxy groups -OCH3 is 1. The molecule has 3 aliphatic carbocycles. The zero-order valence-electron chi connectivity index (χ0n) is 15.6. The third-order valence-corrected chi connectivity index (χ3v) is 7.81. The topological polar surface area (TPSA) is 92.7 Å². The number of ether oxygens (including phenoxy) is 1. The molecule has 2 saturated carbocycles. The van der Waals surface area contributed by atoms with Crippen LogP contribution in [0.25, 0.3) is 0 Å². The monoisotopic (exact) mass is 391 g/mol. The molecular weight excluding hydrogens is 366 g/mol. The lowest BCUT2D eigenvalue weighted by molar-refractivity contribution is -0.148. The van der Waals surface area contributed by atoms with E-state index in [0.29, 0.717) is 16.5 Å². The first-order valence-corrected chi connectivity index (χ1v) is 10.5. The highest BCUT2D eigenvalue weighted by molar-refractivity contribution is 7.17. The lowest BCUT2D eigenvalue weighted by Crippen LogP contribution is -2.38. The minimum Gasteiger partial charge on any atom is -0.481 e. The number of carbonyl (C=O) groups is 3. The quantitative estimate of drug-likeness (QED) is 0.768. The Kier molecular flexibility index (Phi) is 4.74. The standard InChI is InChI=1S/C20H25NO5S/c1-9-3-6-12-13(7-9)27-18(16(12)20(25)26-2)21-17(22)14-10-4-5-11(8-10)15(14)19(23)24/h9-11,14-15H,3-8H2,1-2H3,(H,21,22)(H,23,24)/t9-,10+,11-,14+,15-/m0/s1. The number of carboxylic acids is 1. The van der Waals surface area contributed by atoms with Gasteiger partial charge in [-0.3, -0.25) is 9.59 Å². The van der Waals surface area contributed by atoms with Crippen molar-refractivity contribution in [2.24, 2.45) is 29.6 Å². The molecule has 1 heterocycles. The number of hydrogen-bond acceptors (Lipinski definition) is 5. The average Bonchev–Trinajstić information content (AvgIpc) is 3.32. The van der Waals surface area contributed by atoms with Crippen molar-refractivity contribution in [3.63, 3.8) is 0 Å². The summed E-state index contributed by atoms with van der Waals surface area (Å²) in [5.41, 5.74) is 1.45. The second-order valence-corrected chi connectivity index (χ2v) is 9.36. The van der Waals surface area contributed by atoms with E-state index in [2.05, 4.69) is 12.2 Å². The van der Waals surface area contributed by atoms with E-state index in [1.165, 1.54) is 18.4 Å². The summed E-state index contributed by atoms with van der Waals surface area (Å²) in [6, 6.07) is 0. The molecule has 2 N–H and O–H groups in total. The van der Waals surface area contributed by atoms with Crippen molar-refractivity contribution >= 4 is 34.2 Å². The highest BCUT2D eigenvalue weighted by Gasteiger charge is 2.54. The van der Waals surface area contributed by atoms with Crippen LogP contribution in [0.5, 0.6) is 0 Å². The number of nitrogens with one attached hydrogen (secondary N) is 1. The highest BCUT2D eigenvalue weighted by Crippen LogP contribution is 2.53. The molecule has 2 fully saturated rings. The molecule has 146 valence electrons. The largest absolute Gasteiger partial charge is 0.481 e. The molecule has 0 unspecified atom stereocenters. The Morgan fingerprint density at radius 2 is 1.85 bits per heavy atom. The number of anilines is 1. The van der Waals surface area contributed by atoms with Crippen LogP contribution in [-0.4, -0.2) is 30.1 Å². The molecule has 7 heteroatoms. The van der Waals surface area contributed by atoms with Gasteiger partial charge < -0.3 is 15.2 Å². The first-order chi connectivity index (χ1) is 12.9. The Morgan fingerprint density at radius 3 is 2.52 bits per heavy atom.